The van der Waals surface area contributed by atoms with Crippen molar-refractivity contribution in [3.8, 4) is 0 Å². The van der Waals surface area contributed by atoms with Crippen LogP contribution in [-0.2, 0) is 17.8 Å². The molecule has 2 rings (SSSR count). The predicted octanol–water partition coefficient (Wildman–Crippen LogP) is 2.04. The van der Waals surface area contributed by atoms with Gasteiger partial charge in [-0.15, -0.1) is 0 Å². The first kappa shape index (κ1) is 16.3. The van der Waals surface area contributed by atoms with Gasteiger partial charge in [-0.05, 0) is 42.9 Å². The fraction of sp³-hybridized carbons (Fsp3) is 0.562. The molecule has 2 amide bonds. The molecule has 120 valence electrons. The zero-order chi connectivity index (χ0) is 15.9. The van der Waals surface area contributed by atoms with Crippen molar-refractivity contribution in [2.24, 2.45) is 5.92 Å². The fourth-order valence-corrected chi connectivity index (χ4v) is 2.79. The van der Waals surface area contributed by atoms with Crippen molar-refractivity contribution in [3.63, 3.8) is 0 Å². The molecule has 1 unspecified atom stereocenters. The lowest BCUT2D eigenvalue weighted by molar-refractivity contribution is -0.138. The van der Waals surface area contributed by atoms with Crippen molar-refractivity contribution < 1.29 is 14.7 Å². The Morgan fingerprint density at radius 1 is 1.50 bits per heavy atom. The molecule has 1 atom stereocenters. The maximum Gasteiger partial charge on any atom is 0.317 e. The van der Waals surface area contributed by atoms with E-state index >= 15 is 0 Å². The topological polar surface area (TPSA) is 82.5 Å². The number of likely N-dealkylation sites (tertiary alicyclic amines) is 1. The van der Waals surface area contributed by atoms with Crippen LogP contribution in [0.3, 0.4) is 0 Å². The summed E-state index contributed by atoms with van der Waals surface area (Å²) in [5.74, 6) is -0.744. The van der Waals surface area contributed by atoms with Crippen molar-refractivity contribution in [3.05, 3.63) is 29.6 Å². The molecule has 22 heavy (non-hydrogen) atoms. The van der Waals surface area contributed by atoms with E-state index in [9.17, 15) is 9.59 Å². The summed E-state index contributed by atoms with van der Waals surface area (Å²) in [5.41, 5.74) is 2.03. The molecule has 2 heterocycles. The smallest absolute Gasteiger partial charge is 0.317 e. The number of carboxylic acid groups (broad SMARTS) is 1. The number of aryl methyl sites for hydroxylation is 1. The van der Waals surface area contributed by atoms with Crippen LogP contribution in [0.5, 0.6) is 0 Å². The molecule has 6 heteroatoms. The van der Waals surface area contributed by atoms with Gasteiger partial charge in [-0.2, -0.15) is 0 Å². The minimum absolute atomic E-state index is 0.0542. The molecule has 0 radical (unpaired) electrons. The van der Waals surface area contributed by atoms with Crippen LogP contribution in [0.4, 0.5) is 4.79 Å². The SMILES string of the molecule is CCc1ccnc(CNC(=O)N2CCCC(CC(=O)O)C2)c1. The van der Waals surface area contributed by atoms with Gasteiger partial charge in [0.05, 0.1) is 12.2 Å². The molecule has 1 aliphatic heterocycles. The van der Waals surface area contributed by atoms with E-state index in [1.54, 1.807) is 11.1 Å². The number of amides is 2. The summed E-state index contributed by atoms with van der Waals surface area (Å²) in [5, 5.41) is 11.7. The van der Waals surface area contributed by atoms with Crippen molar-refractivity contribution in [1.82, 2.24) is 15.2 Å². The first-order valence-corrected chi connectivity index (χ1v) is 7.77. The van der Waals surface area contributed by atoms with Crippen LogP contribution in [-0.4, -0.2) is 40.1 Å². The lowest BCUT2D eigenvalue weighted by atomic mass is 9.95. The first-order valence-electron chi connectivity index (χ1n) is 7.77. The number of aliphatic carboxylic acids is 1. The molecule has 0 spiro atoms. The average molecular weight is 305 g/mol. The molecule has 6 nitrogen and oxygen atoms in total. The van der Waals surface area contributed by atoms with Gasteiger partial charge in [0.15, 0.2) is 0 Å². The molecule has 0 saturated carbocycles. The molecular weight excluding hydrogens is 282 g/mol. The molecule has 0 aliphatic carbocycles. The van der Waals surface area contributed by atoms with Crippen LogP contribution >= 0.6 is 0 Å². The highest BCUT2D eigenvalue weighted by Gasteiger charge is 2.25. The molecule has 1 aromatic rings. The van der Waals surface area contributed by atoms with Gasteiger partial charge in [-0.1, -0.05) is 6.92 Å². The van der Waals surface area contributed by atoms with Gasteiger partial charge in [0.2, 0.25) is 0 Å². The van der Waals surface area contributed by atoms with Crippen molar-refractivity contribution in [2.45, 2.75) is 39.2 Å². The number of hydrogen-bond donors (Lipinski definition) is 2. The third-order valence-electron chi connectivity index (χ3n) is 3.98. The van der Waals surface area contributed by atoms with Crippen molar-refractivity contribution >= 4 is 12.0 Å². The normalized spacial score (nSPS) is 18.0. The number of rotatable bonds is 5. The standard InChI is InChI=1S/C16H23N3O3/c1-2-12-5-6-17-14(8-12)10-18-16(22)19-7-3-4-13(11-19)9-15(20)21/h5-6,8,13H,2-4,7,9-11H2,1H3,(H,18,22)(H,20,21). The van der Waals surface area contributed by atoms with E-state index in [4.69, 9.17) is 5.11 Å². The second-order valence-corrected chi connectivity index (χ2v) is 5.72. The summed E-state index contributed by atoms with van der Waals surface area (Å²) in [6, 6.07) is 3.81. The Morgan fingerprint density at radius 3 is 3.05 bits per heavy atom. The van der Waals surface area contributed by atoms with Gasteiger partial charge in [-0.3, -0.25) is 9.78 Å². The monoisotopic (exact) mass is 305 g/mol. The van der Waals surface area contributed by atoms with Gasteiger partial charge >= 0.3 is 12.0 Å². The third-order valence-corrected chi connectivity index (χ3v) is 3.98. The van der Waals surface area contributed by atoms with E-state index in [0.29, 0.717) is 19.6 Å². The second-order valence-electron chi connectivity index (χ2n) is 5.72. The number of aromatic nitrogens is 1. The van der Waals surface area contributed by atoms with Gasteiger partial charge in [0.1, 0.15) is 0 Å². The number of hydrogen-bond acceptors (Lipinski definition) is 3. The van der Waals surface area contributed by atoms with Gasteiger partial charge in [0, 0.05) is 25.7 Å². The number of urea groups is 1. The lowest BCUT2D eigenvalue weighted by Gasteiger charge is -2.32. The second kappa shape index (κ2) is 7.77. The van der Waals surface area contributed by atoms with Crippen LogP contribution in [0.1, 0.15) is 37.4 Å². The van der Waals surface area contributed by atoms with E-state index in [1.807, 2.05) is 12.1 Å². The summed E-state index contributed by atoms with van der Waals surface area (Å²) >= 11 is 0. The number of nitrogens with zero attached hydrogens (tertiary/aromatic N) is 2. The Labute approximate surface area is 130 Å². The summed E-state index contributed by atoms with van der Waals surface area (Å²) in [4.78, 5) is 28.9. The zero-order valence-electron chi connectivity index (χ0n) is 12.9. The Kier molecular flexibility index (Phi) is 5.75. The highest BCUT2D eigenvalue weighted by molar-refractivity contribution is 5.74. The average Bonchev–Trinajstić information content (AvgIpc) is 2.52. The first-order chi connectivity index (χ1) is 10.6. The number of nitrogens with one attached hydrogen (secondary N) is 1. The summed E-state index contributed by atoms with van der Waals surface area (Å²) in [6.07, 6.45) is 4.55. The lowest BCUT2D eigenvalue weighted by Crippen LogP contribution is -2.45. The van der Waals surface area contributed by atoms with E-state index in [-0.39, 0.29) is 18.4 Å². The number of piperidine rings is 1. The Bertz CT molecular complexity index is 533. The fourth-order valence-electron chi connectivity index (χ4n) is 2.79. The van der Waals surface area contributed by atoms with Crippen LogP contribution < -0.4 is 5.32 Å². The number of carboxylic acids is 1. The molecule has 2 N–H and O–H groups in total. The third kappa shape index (κ3) is 4.72. The predicted molar refractivity (Wildman–Crippen MR) is 82.4 cm³/mol. The van der Waals surface area contributed by atoms with E-state index in [1.165, 1.54) is 5.56 Å². The van der Waals surface area contributed by atoms with Crippen LogP contribution in [0, 0.1) is 5.92 Å². The van der Waals surface area contributed by atoms with E-state index in [0.717, 1.165) is 25.0 Å². The Morgan fingerprint density at radius 2 is 2.32 bits per heavy atom. The molecular formula is C16H23N3O3. The van der Waals surface area contributed by atoms with E-state index in [2.05, 4.69) is 17.2 Å². The molecule has 1 aliphatic rings. The largest absolute Gasteiger partial charge is 0.481 e. The molecule has 1 saturated heterocycles. The van der Waals surface area contributed by atoms with Crippen LogP contribution in [0.25, 0.3) is 0 Å². The molecule has 0 bridgehead atoms. The number of carbonyl (C=O) groups is 2. The summed E-state index contributed by atoms with van der Waals surface area (Å²) in [7, 11) is 0. The zero-order valence-corrected chi connectivity index (χ0v) is 12.9. The van der Waals surface area contributed by atoms with Crippen molar-refractivity contribution in [1.29, 1.82) is 0 Å². The highest BCUT2D eigenvalue weighted by Crippen LogP contribution is 2.19. The van der Waals surface area contributed by atoms with E-state index < -0.39 is 5.97 Å². The minimum atomic E-state index is -0.798. The number of carbonyl (C=O) groups excluding carboxylic acids is 1. The van der Waals surface area contributed by atoms with Gasteiger partial charge < -0.3 is 15.3 Å². The van der Waals surface area contributed by atoms with Crippen molar-refractivity contribution in [2.75, 3.05) is 13.1 Å². The van der Waals surface area contributed by atoms with Crippen LogP contribution in [0.15, 0.2) is 18.3 Å². The number of pyridine rings is 1. The summed E-state index contributed by atoms with van der Waals surface area (Å²) < 4.78 is 0. The molecule has 1 aromatic heterocycles. The summed E-state index contributed by atoms with van der Waals surface area (Å²) in [6.45, 7) is 3.67. The minimum Gasteiger partial charge on any atom is -0.481 e. The van der Waals surface area contributed by atoms with Gasteiger partial charge in [0.25, 0.3) is 0 Å². The highest BCUT2D eigenvalue weighted by atomic mass is 16.4. The quantitative estimate of drug-likeness (QED) is 0.872. The Hall–Kier alpha value is -2.11. The van der Waals surface area contributed by atoms with Gasteiger partial charge in [-0.25, -0.2) is 4.79 Å². The maximum atomic E-state index is 12.2. The maximum absolute atomic E-state index is 12.2. The Balaban J connectivity index is 1.84. The molecule has 0 aromatic carbocycles. The molecule has 1 fully saturated rings. The van der Waals surface area contributed by atoms with Crippen LogP contribution in [0.2, 0.25) is 0 Å².